The first-order valence-electron chi connectivity index (χ1n) is 6.58. The number of imidazole rings is 1. The molecule has 3 heterocycles. The zero-order valence-electron chi connectivity index (χ0n) is 11.6. The van der Waals surface area contributed by atoms with Crippen molar-refractivity contribution in [2.45, 2.75) is 6.92 Å². The van der Waals surface area contributed by atoms with E-state index in [-0.39, 0.29) is 0 Å². The van der Waals surface area contributed by atoms with Crippen LogP contribution in [0.15, 0.2) is 40.3 Å². The summed E-state index contributed by atoms with van der Waals surface area (Å²) >= 11 is 6.56. The van der Waals surface area contributed by atoms with Crippen molar-refractivity contribution in [2.24, 2.45) is 0 Å². The van der Waals surface area contributed by atoms with Crippen molar-refractivity contribution in [2.75, 3.05) is 5.73 Å². The highest BCUT2D eigenvalue weighted by atomic mass is 79.9. The number of benzene rings is 1. The number of thiazole rings is 2. The van der Waals surface area contributed by atoms with E-state index in [1.807, 2.05) is 42.8 Å². The van der Waals surface area contributed by atoms with Gasteiger partial charge < -0.3 is 5.73 Å². The van der Waals surface area contributed by atoms with Crippen LogP contribution >= 0.6 is 38.6 Å². The molecule has 0 bridgehead atoms. The molecule has 0 radical (unpaired) electrons. The number of halogens is 1. The molecule has 0 aliphatic carbocycles. The van der Waals surface area contributed by atoms with Crippen LogP contribution in [0.2, 0.25) is 0 Å². The molecule has 4 aromatic rings. The number of aromatic nitrogens is 3. The molecule has 2 N–H and O–H groups in total. The second-order valence-corrected chi connectivity index (χ2v) is 7.66. The number of nitrogen functional groups attached to an aromatic ring is 1. The van der Waals surface area contributed by atoms with E-state index < -0.39 is 0 Å². The maximum atomic E-state index is 6.24. The Morgan fingerprint density at radius 3 is 2.73 bits per heavy atom. The summed E-state index contributed by atoms with van der Waals surface area (Å²) in [7, 11) is 0. The third-order valence-corrected chi connectivity index (χ3v) is 5.62. The first-order valence-corrected chi connectivity index (χ1v) is 9.07. The van der Waals surface area contributed by atoms with Crippen LogP contribution in [0.5, 0.6) is 0 Å². The lowest BCUT2D eigenvalue weighted by atomic mass is 10.2. The summed E-state index contributed by atoms with van der Waals surface area (Å²) in [6.45, 7) is 1.99. The maximum absolute atomic E-state index is 6.24. The highest BCUT2D eigenvalue weighted by Crippen LogP contribution is 2.38. The Morgan fingerprint density at radius 1 is 1.18 bits per heavy atom. The van der Waals surface area contributed by atoms with E-state index in [1.54, 1.807) is 11.3 Å². The lowest BCUT2D eigenvalue weighted by Crippen LogP contribution is -1.91. The van der Waals surface area contributed by atoms with Crippen molar-refractivity contribution in [3.63, 3.8) is 0 Å². The van der Waals surface area contributed by atoms with Crippen LogP contribution in [0, 0.1) is 6.92 Å². The van der Waals surface area contributed by atoms with Gasteiger partial charge in [0.1, 0.15) is 15.7 Å². The molecule has 4 nitrogen and oxygen atoms in total. The summed E-state index contributed by atoms with van der Waals surface area (Å²) in [5.74, 6) is 0. The fourth-order valence-corrected chi connectivity index (χ4v) is 4.26. The Bertz CT molecular complexity index is 965. The van der Waals surface area contributed by atoms with Crippen molar-refractivity contribution < 1.29 is 0 Å². The van der Waals surface area contributed by atoms with Crippen LogP contribution in [0.1, 0.15) is 5.69 Å². The molecule has 0 atom stereocenters. The van der Waals surface area contributed by atoms with E-state index in [2.05, 4.69) is 25.3 Å². The van der Waals surface area contributed by atoms with Crippen LogP contribution in [0.3, 0.4) is 0 Å². The van der Waals surface area contributed by atoms with Crippen molar-refractivity contribution in [1.29, 1.82) is 0 Å². The summed E-state index contributed by atoms with van der Waals surface area (Å²) in [4.78, 5) is 10.3. The Morgan fingerprint density at radius 2 is 1.95 bits per heavy atom. The number of hydrogen-bond donors (Lipinski definition) is 1. The Labute approximate surface area is 143 Å². The topological polar surface area (TPSA) is 56.2 Å². The van der Waals surface area contributed by atoms with Gasteiger partial charge in [0.25, 0.3) is 0 Å². The molecule has 0 aliphatic heterocycles. The van der Waals surface area contributed by atoms with Gasteiger partial charge in [-0.1, -0.05) is 39.4 Å². The highest BCUT2D eigenvalue weighted by molar-refractivity contribution is 9.10. The summed E-state index contributed by atoms with van der Waals surface area (Å²) < 4.78 is 3.10. The molecule has 1 aromatic carbocycles. The monoisotopic (exact) mass is 390 g/mol. The minimum absolute atomic E-state index is 0.717. The first kappa shape index (κ1) is 13.9. The van der Waals surface area contributed by atoms with Gasteiger partial charge in [-0.05, 0) is 19.1 Å². The molecule has 7 heteroatoms. The summed E-state index contributed by atoms with van der Waals surface area (Å²) in [5.41, 5.74) is 10.0. The molecule has 0 unspecified atom stereocenters. The number of hydrogen-bond acceptors (Lipinski definition) is 5. The fourth-order valence-electron chi connectivity index (χ4n) is 2.40. The summed E-state index contributed by atoms with van der Waals surface area (Å²) in [6.07, 6.45) is 2.01. The molecule has 22 heavy (non-hydrogen) atoms. The highest BCUT2D eigenvalue weighted by Gasteiger charge is 2.19. The lowest BCUT2D eigenvalue weighted by molar-refractivity contribution is 1.20. The van der Waals surface area contributed by atoms with E-state index >= 15 is 0 Å². The molecule has 4 rings (SSSR count). The van der Waals surface area contributed by atoms with Gasteiger partial charge in [-0.15, -0.1) is 11.3 Å². The molecule has 0 saturated carbocycles. The van der Waals surface area contributed by atoms with Crippen LogP contribution in [-0.2, 0) is 0 Å². The van der Waals surface area contributed by atoms with Crippen LogP contribution < -0.4 is 5.73 Å². The number of rotatable bonds is 2. The number of fused-ring (bicyclic) bond motifs is 1. The van der Waals surface area contributed by atoms with Crippen LogP contribution in [0.25, 0.3) is 26.9 Å². The third kappa shape index (κ3) is 2.16. The molecule has 110 valence electrons. The molecule has 3 aromatic heterocycles. The van der Waals surface area contributed by atoms with E-state index in [9.17, 15) is 0 Å². The Hall–Kier alpha value is -1.70. The van der Waals surface area contributed by atoms with E-state index in [0.29, 0.717) is 5.00 Å². The van der Waals surface area contributed by atoms with Gasteiger partial charge in [0.2, 0.25) is 0 Å². The molecule has 0 fully saturated rings. The maximum Gasteiger partial charge on any atom is 0.194 e. The zero-order valence-corrected chi connectivity index (χ0v) is 14.8. The Kier molecular flexibility index (Phi) is 3.28. The SMILES string of the molecule is Cc1nc2sccn2c1-c1nc(-c2ccc(Br)cc2)sc1N. The number of aryl methyl sites for hydroxylation is 1. The van der Waals surface area contributed by atoms with Gasteiger partial charge in [0.15, 0.2) is 4.96 Å². The van der Waals surface area contributed by atoms with Crippen molar-refractivity contribution in [1.82, 2.24) is 14.4 Å². The number of nitrogens with zero attached hydrogens (tertiary/aromatic N) is 3. The van der Waals surface area contributed by atoms with Gasteiger partial charge in [0, 0.05) is 21.6 Å². The summed E-state index contributed by atoms with van der Waals surface area (Å²) in [5, 5.41) is 3.65. The molecule has 0 saturated heterocycles. The van der Waals surface area contributed by atoms with E-state index in [0.717, 1.165) is 37.1 Å². The van der Waals surface area contributed by atoms with Crippen LogP contribution in [-0.4, -0.2) is 14.4 Å². The van der Waals surface area contributed by atoms with E-state index in [1.165, 1.54) is 11.3 Å². The van der Waals surface area contributed by atoms with Gasteiger partial charge in [-0.2, -0.15) is 0 Å². The zero-order chi connectivity index (χ0) is 15.3. The molecule has 0 aliphatic rings. The second-order valence-electron chi connectivity index (χ2n) is 4.84. The fraction of sp³-hybridized carbons (Fsp3) is 0.0667. The predicted molar refractivity (Wildman–Crippen MR) is 96.5 cm³/mol. The number of nitrogens with two attached hydrogens (primary N) is 1. The van der Waals surface area contributed by atoms with Gasteiger partial charge in [-0.25, -0.2) is 9.97 Å². The lowest BCUT2D eigenvalue weighted by Gasteiger charge is -1.98. The first-order chi connectivity index (χ1) is 10.6. The van der Waals surface area contributed by atoms with Gasteiger partial charge >= 0.3 is 0 Å². The second kappa shape index (κ2) is 5.19. The van der Waals surface area contributed by atoms with Crippen molar-refractivity contribution >= 4 is 48.6 Å². The summed E-state index contributed by atoms with van der Waals surface area (Å²) in [6, 6.07) is 8.09. The van der Waals surface area contributed by atoms with Gasteiger partial charge in [0.05, 0.1) is 11.4 Å². The molecular weight excluding hydrogens is 380 g/mol. The van der Waals surface area contributed by atoms with E-state index in [4.69, 9.17) is 10.7 Å². The molecular formula is C15H11BrN4S2. The standard InChI is InChI=1S/C15H11BrN4S2/c1-8-12(20-6-7-21-15(20)18-8)11-13(17)22-14(19-11)9-2-4-10(16)5-3-9/h2-7H,17H2,1H3. The minimum atomic E-state index is 0.717. The third-order valence-electron chi connectivity index (χ3n) is 3.41. The van der Waals surface area contributed by atoms with Gasteiger partial charge in [-0.3, -0.25) is 4.40 Å². The molecule has 0 spiro atoms. The largest absolute Gasteiger partial charge is 0.389 e. The van der Waals surface area contributed by atoms with Crippen molar-refractivity contribution in [3.05, 3.63) is 46.0 Å². The number of anilines is 1. The Balaban J connectivity index is 1.88. The average molecular weight is 391 g/mol. The molecule has 0 amide bonds. The quantitative estimate of drug-likeness (QED) is 0.532. The average Bonchev–Trinajstić information content (AvgIpc) is 3.15. The minimum Gasteiger partial charge on any atom is -0.389 e. The predicted octanol–water partition coefficient (Wildman–Crippen LogP) is 4.84. The normalized spacial score (nSPS) is 11.4. The van der Waals surface area contributed by atoms with Crippen LogP contribution in [0.4, 0.5) is 5.00 Å². The van der Waals surface area contributed by atoms with Crippen molar-refractivity contribution in [3.8, 4) is 22.0 Å². The smallest absolute Gasteiger partial charge is 0.194 e.